The summed E-state index contributed by atoms with van der Waals surface area (Å²) in [6.45, 7) is 5.90. The number of hydrogen-bond donors (Lipinski definition) is 0. The first-order chi connectivity index (χ1) is 8.86. The molecule has 0 N–H and O–H groups in total. The Morgan fingerprint density at radius 3 is 2.39 bits per heavy atom. The highest BCUT2D eigenvalue weighted by molar-refractivity contribution is 5.27. The van der Waals surface area contributed by atoms with Gasteiger partial charge in [0.25, 0.3) is 0 Å². The minimum absolute atomic E-state index is 0.391. The number of nitrogens with zero attached hydrogens (tertiary/aromatic N) is 3. The third-order valence-corrected chi connectivity index (χ3v) is 3.42. The first-order valence-electron chi connectivity index (χ1n) is 6.98. The molecular formula is C13H23N3O2. The highest BCUT2D eigenvalue weighted by atomic mass is 16.5. The number of aromatic nitrogens is 2. The molecule has 0 aromatic carbocycles. The summed E-state index contributed by atoms with van der Waals surface area (Å²) in [5, 5.41) is 4.03. The fourth-order valence-electron chi connectivity index (χ4n) is 2.14. The molecule has 1 saturated carbocycles. The zero-order chi connectivity index (χ0) is 13.0. The van der Waals surface area contributed by atoms with Crippen LogP contribution in [0.1, 0.15) is 51.3 Å². The second-order valence-electron chi connectivity index (χ2n) is 4.63. The van der Waals surface area contributed by atoms with Crippen molar-refractivity contribution < 1.29 is 9.26 Å². The van der Waals surface area contributed by atoms with Crippen LogP contribution in [0.5, 0.6) is 0 Å². The quantitative estimate of drug-likeness (QED) is 0.828. The number of methoxy groups -OCH3 is 1. The standard InChI is InChI=1S/C11H17N3O2.C2H6/c1-15-9-4-6-14(7-5-9)11-12-10(13-16-11)8-2-3-8;1-2/h8-9H,2-7H2,1H3;1-2H3. The number of ether oxygens (including phenoxy) is 1. The Balaban J connectivity index is 0.000000574. The van der Waals surface area contributed by atoms with Crippen molar-refractivity contribution in [3.05, 3.63) is 5.82 Å². The second-order valence-corrected chi connectivity index (χ2v) is 4.63. The summed E-state index contributed by atoms with van der Waals surface area (Å²) in [5.41, 5.74) is 0. The molecule has 2 aliphatic rings. The van der Waals surface area contributed by atoms with Crippen molar-refractivity contribution in [2.45, 2.75) is 51.6 Å². The lowest BCUT2D eigenvalue weighted by molar-refractivity contribution is 0.0808. The van der Waals surface area contributed by atoms with E-state index in [0.29, 0.717) is 18.0 Å². The molecule has 2 fully saturated rings. The van der Waals surface area contributed by atoms with Crippen molar-refractivity contribution in [1.29, 1.82) is 0 Å². The van der Waals surface area contributed by atoms with Gasteiger partial charge >= 0.3 is 6.01 Å². The molecule has 1 aliphatic heterocycles. The lowest BCUT2D eigenvalue weighted by Crippen LogP contribution is -2.36. The number of piperidine rings is 1. The minimum atomic E-state index is 0.391. The smallest absolute Gasteiger partial charge is 0.324 e. The van der Waals surface area contributed by atoms with Gasteiger partial charge in [0.2, 0.25) is 0 Å². The SMILES string of the molecule is CC.COC1CCN(c2nc(C3CC3)no2)CC1. The van der Waals surface area contributed by atoms with Crippen LogP contribution in [0.25, 0.3) is 0 Å². The van der Waals surface area contributed by atoms with Crippen LogP contribution < -0.4 is 4.90 Å². The summed E-state index contributed by atoms with van der Waals surface area (Å²) in [7, 11) is 1.78. The van der Waals surface area contributed by atoms with Crippen molar-refractivity contribution in [3.63, 3.8) is 0 Å². The maximum absolute atomic E-state index is 5.34. The molecule has 1 saturated heterocycles. The van der Waals surface area contributed by atoms with Crippen molar-refractivity contribution in [2.24, 2.45) is 0 Å². The molecule has 2 heterocycles. The molecule has 1 aromatic heterocycles. The number of rotatable bonds is 3. The van der Waals surface area contributed by atoms with Gasteiger partial charge in [0.1, 0.15) is 0 Å². The Morgan fingerprint density at radius 1 is 1.17 bits per heavy atom. The third-order valence-electron chi connectivity index (χ3n) is 3.42. The Bertz CT molecular complexity index is 355. The second kappa shape index (κ2) is 6.18. The Kier molecular flexibility index (Phi) is 4.58. The average Bonchev–Trinajstić information content (AvgIpc) is 3.19. The van der Waals surface area contributed by atoms with Crippen molar-refractivity contribution >= 4 is 6.01 Å². The largest absolute Gasteiger partial charge is 0.381 e. The van der Waals surface area contributed by atoms with Gasteiger partial charge in [-0.1, -0.05) is 19.0 Å². The van der Waals surface area contributed by atoms with E-state index in [2.05, 4.69) is 15.0 Å². The maximum atomic E-state index is 5.34. The van der Waals surface area contributed by atoms with E-state index in [9.17, 15) is 0 Å². The van der Waals surface area contributed by atoms with E-state index in [1.807, 2.05) is 13.8 Å². The topological polar surface area (TPSA) is 51.4 Å². The molecule has 5 heteroatoms. The molecule has 0 unspecified atom stereocenters. The van der Waals surface area contributed by atoms with E-state index < -0.39 is 0 Å². The summed E-state index contributed by atoms with van der Waals surface area (Å²) in [6, 6.07) is 0.691. The third kappa shape index (κ3) is 3.02. The summed E-state index contributed by atoms with van der Waals surface area (Å²) in [6.07, 6.45) is 4.90. The maximum Gasteiger partial charge on any atom is 0.324 e. The molecule has 0 spiro atoms. The molecule has 0 atom stereocenters. The highest BCUT2D eigenvalue weighted by Crippen LogP contribution is 2.38. The minimum Gasteiger partial charge on any atom is -0.381 e. The van der Waals surface area contributed by atoms with E-state index in [1.165, 1.54) is 12.8 Å². The van der Waals surface area contributed by atoms with E-state index >= 15 is 0 Å². The van der Waals surface area contributed by atoms with Gasteiger partial charge in [-0.25, -0.2) is 0 Å². The first-order valence-corrected chi connectivity index (χ1v) is 6.98. The summed E-state index contributed by atoms with van der Waals surface area (Å²) in [4.78, 5) is 6.62. The van der Waals surface area contributed by atoms with Crippen LogP contribution in [-0.2, 0) is 4.74 Å². The van der Waals surface area contributed by atoms with Gasteiger partial charge in [0.05, 0.1) is 6.10 Å². The van der Waals surface area contributed by atoms with E-state index in [4.69, 9.17) is 9.26 Å². The van der Waals surface area contributed by atoms with Crippen LogP contribution in [0, 0.1) is 0 Å². The zero-order valence-corrected chi connectivity index (χ0v) is 11.6. The first kappa shape index (κ1) is 13.3. The average molecular weight is 253 g/mol. The Morgan fingerprint density at radius 2 is 1.83 bits per heavy atom. The van der Waals surface area contributed by atoms with Crippen LogP contribution in [-0.4, -0.2) is 36.4 Å². The van der Waals surface area contributed by atoms with Crippen LogP contribution in [0.15, 0.2) is 4.52 Å². The summed E-state index contributed by atoms with van der Waals surface area (Å²) in [5.74, 6) is 1.46. The van der Waals surface area contributed by atoms with Gasteiger partial charge in [0, 0.05) is 26.1 Å². The molecule has 18 heavy (non-hydrogen) atoms. The van der Waals surface area contributed by atoms with E-state index in [-0.39, 0.29) is 0 Å². The van der Waals surface area contributed by atoms with Gasteiger partial charge in [-0.15, -0.1) is 0 Å². The van der Waals surface area contributed by atoms with Crippen LogP contribution in [0.3, 0.4) is 0 Å². The van der Waals surface area contributed by atoms with Crippen LogP contribution in [0.4, 0.5) is 6.01 Å². The van der Waals surface area contributed by atoms with Crippen LogP contribution >= 0.6 is 0 Å². The van der Waals surface area contributed by atoms with Gasteiger partial charge in [-0.3, -0.25) is 0 Å². The van der Waals surface area contributed by atoms with Gasteiger partial charge in [-0.2, -0.15) is 4.98 Å². The Hall–Kier alpha value is -1.10. The lowest BCUT2D eigenvalue weighted by atomic mass is 10.1. The fraction of sp³-hybridized carbons (Fsp3) is 0.846. The molecule has 5 nitrogen and oxygen atoms in total. The zero-order valence-electron chi connectivity index (χ0n) is 11.6. The predicted molar refractivity (Wildman–Crippen MR) is 69.9 cm³/mol. The highest BCUT2D eigenvalue weighted by Gasteiger charge is 2.30. The van der Waals surface area contributed by atoms with E-state index in [1.54, 1.807) is 7.11 Å². The van der Waals surface area contributed by atoms with Crippen molar-refractivity contribution in [1.82, 2.24) is 10.1 Å². The molecule has 1 aromatic rings. The summed E-state index contributed by atoms with van der Waals surface area (Å²) < 4.78 is 10.6. The lowest BCUT2D eigenvalue weighted by Gasteiger charge is -2.29. The normalized spacial score (nSPS) is 20.5. The molecule has 0 amide bonds. The van der Waals surface area contributed by atoms with Gasteiger partial charge in [0.15, 0.2) is 5.82 Å². The van der Waals surface area contributed by atoms with Crippen LogP contribution in [0.2, 0.25) is 0 Å². The monoisotopic (exact) mass is 253 g/mol. The molecular weight excluding hydrogens is 230 g/mol. The fourth-order valence-corrected chi connectivity index (χ4v) is 2.14. The molecule has 0 bridgehead atoms. The molecule has 3 rings (SSSR count). The molecule has 102 valence electrons. The van der Waals surface area contributed by atoms with Crippen molar-refractivity contribution in [2.75, 3.05) is 25.1 Å². The number of hydrogen-bond acceptors (Lipinski definition) is 5. The van der Waals surface area contributed by atoms with E-state index in [0.717, 1.165) is 31.8 Å². The van der Waals surface area contributed by atoms with Gasteiger partial charge in [-0.05, 0) is 25.7 Å². The molecule has 1 aliphatic carbocycles. The molecule has 0 radical (unpaired) electrons. The Labute approximate surface area is 108 Å². The van der Waals surface area contributed by atoms with Gasteiger partial charge < -0.3 is 14.2 Å². The van der Waals surface area contributed by atoms with Crippen molar-refractivity contribution in [3.8, 4) is 0 Å². The summed E-state index contributed by atoms with van der Waals surface area (Å²) >= 11 is 0. The number of anilines is 1. The predicted octanol–water partition coefficient (Wildman–Crippen LogP) is 2.59.